The van der Waals surface area contributed by atoms with E-state index in [4.69, 9.17) is 0 Å². The van der Waals surface area contributed by atoms with Crippen LogP contribution in [0.4, 0.5) is 0 Å². The van der Waals surface area contributed by atoms with Crippen LogP contribution in [0.15, 0.2) is 0 Å². The zero-order valence-corrected chi connectivity index (χ0v) is 9.41. The zero-order chi connectivity index (χ0) is 9.03. The summed E-state index contributed by atoms with van der Waals surface area (Å²) in [4.78, 5) is 2.60. The summed E-state index contributed by atoms with van der Waals surface area (Å²) in [6.45, 7) is 10.9. The minimum atomic E-state index is 0.505. The Balaban J connectivity index is 2.13. The molecular formula is C10H21NS. The van der Waals surface area contributed by atoms with Crippen LogP contribution in [0.1, 0.15) is 27.2 Å². The molecule has 12 heavy (non-hydrogen) atoms. The average molecular weight is 187 g/mol. The van der Waals surface area contributed by atoms with E-state index in [1.54, 1.807) is 0 Å². The van der Waals surface area contributed by atoms with Crippen molar-refractivity contribution in [1.82, 2.24) is 4.90 Å². The van der Waals surface area contributed by atoms with Crippen LogP contribution >= 0.6 is 11.8 Å². The lowest BCUT2D eigenvalue weighted by molar-refractivity contribution is 0.245. The molecule has 0 amide bonds. The van der Waals surface area contributed by atoms with Crippen molar-refractivity contribution in [3.05, 3.63) is 0 Å². The Labute approximate surface area is 80.9 Å². The minimum absolute atomic E-state index is 0.505. The number of hydrogen-bond acceptors (Lipinski definition) is 2. The topological polar surface area (TPSA) is 3.24 Å². The van der Waals surface area contributed by atoms with Crippen LogP contribution in [-0.2, 0) is 0 Å². The molecule has 0 N–H and O–H groups in total. The molecule has 0 bridgehead atoms. The number of hydrogen-bond donors (Lipinski definition) is 0. The van der Waals surface area contributed by atoms with Gasteiger partial charge in [-0.05, 0) is 18.4 Å². The Morgan fingerprint density at radius 2 is 1.75 bits per heavy atom. The second-order valence-electron chi connectivity index (χ2n) is 4.76. The van der Waals surface area contributed by atoms with E-state index in [0.717, 1.165) is 0 Å². The van der Waals surface area contributed by atoms with Gasteiger partial charge in [-0.2, -0.15) is 11.8 Å². The van der Waals surface area contributed by atoms with Gasteiger partial charge in [-0.1, -0.05) is 20.8 Å². The number of rotatable bonds is 2. The molecule has 0 unspecified atom stereocenters. The Morgan fingerprint density at radius 3 is 2.25 bits per heavy atom. The molecule has 2 heteroatoms. The Kier molecular flexibility index (Phi) is 3.91. The van der Waals surface area contributed by atoms with E-state index in [0.29, 0.717) is 5.41 Å². The smallest absolute Gasteiger partial charge is 0.00727 e. The first-order chi connectivity index (χ1) is 5.58. The van der Waals surface area contributed by atoms with Crippen LogP contribution in [0, 0.1) is 5.41 Å². The molecule has 0 aromatic rings. The fourth-order valence-electron chi connectivity index (χ4n) is 1.32. The summed E-state index contributed by atoms with van der Waals surface area (Å²) < 4.78 is 0. The van der Waals surface area contributed by atoms with Gasteiger partial charge in [-0.25, -0.2) is 0 Å². The molecule has 1 heterocycles. The van der Waals surface area contributed by atoms with Crippen molar-refractivity contribution in [1.29, 1.82) is 0 Å². The van der Waals surface area contributed by atoms with Gasteiger partial charge in [0.2, 0.25) is 0 Å². The predicted octanol–water partition coefficient (Wildman–Crippen LogP) is 2.47. The fraction of sp³-hybridized carbons (Fsp3) is 1.00. The Morgan fingerprint density at radius 1 is 1.17 bits per heavy atom. The first kappa shape index (κ1) is 10.4. The molecule has 0 aromatic heterocycles. The van der Waals surface area contributed by atoms with Gasteiger partial charge < -0.3 is 4.90 Å². The molecule has 1 fully saturated rings. The van der Waals surface area contributed by atoms with Crippen molar-refractivity contribution in [2.75, 3.05) is 31.1 Å². The van der Waals surface area contributed by atoms with Crippen molar-refractivity contribution in [2.45, 2.75) is 27.2 Å². The van der Waals surface area contributed by atoms with Crippen molar-refractivity contribution in [3.63, 3.8) is 0 Å². The van der Waals surface area contributed by atoms with Gasteiger partial charge in [0.1, 0.15) is 0 Å². The highest BCUT2D eigenvalue weighted by atomic mass is 32.2. The van der Waals surface area contributed by atoms with Crippen molar-refractivity contribution < 1.29 is 0 Å². The normalized spacial score (nSPS) is 21.2. The lowest BCUT2D eigenvalue weighted by Gasteiger charge is -2.29. The van der Waals surface area contributed by atoms with Crippen LogP contribution in [0.5, 0.6) is 0 Å². The zero-order valence-electron chi connectivity index (χ0n) is 8.60. The summed E-state index contributed by atoms with van der Waals surface area (Å²) in [5.41, 5.74) is 0.505. The molecule has 1 saturated heterocycles. The van der Waals surface area contributed by atoms with E-state index < -0.39 is 0 Å². The summed E-state index contributed by atoms with van der Waals surface area (Å²) in [6, 6.07) is 0. The molecule has 0 saturated carbocycles. The van der Waals surface area contributed by atoms with Gasteiger partial charge in [0.15, 0.2) is 0 Å². The monoisotopic (exact) mass is 187 g/mol. The van der Waals surface area contributed by atoms with Crippen LogP contribution in [0.3, 0.4) is 0 Å². The second-order valence-corrected chi connectivity index (χ2v) is 5.99. The van der Waals surface area contributed by atoms with Gasteiger partial charge in [0.05, 0.1) is 0 Å². The molecule has 1 rings (SSSR count). The van der Waals surface area contributed by atoms with E-state index in [-0.39, 0.29) is 0 Å². The first-order valence-corrected chi connectivity index (χ1v) is 6.03. The van der Waals surface area contributed by atoms with Gasteiger partial charge in [0, 0.05) is 24.6 Å². The molecule has 1 aliphatic heterocycles. The maximum Gasteiger partial charge on any atom is 0.00727 e. The van der Waals surface area contributed by atoms with Crippen molar-refractivity contribution >= 4 is 11.8 Å². The van der Waals surface area contributed by atoms with E-state index in [1.165, 1.54) is 37.6 Å². The summed E-state index contributed by atoms with van der Waals surface area (Å²) in [6.07, 6.45) is 1.33. The Bertz CT molecular complexity index is 122. The summed E-state index contributed by atoms with van der Waals surface area (Å²) in [5, 5.41) is 0. The lowest BCUT2D eigenvalue weighted by atomic mass is 9.92. The van der Waals surface area contributed by atoms with Crippen LogP contribution in [0.25, 0.3) is 0 Å². The van der Waals surface area contributed by atoms with Crippen LogP contribution in [0.2, 0.25) is 0 Å². The molecule has 0 atom stereocenters. The van der Waals surface area contributed by atoms with Gasteiger partial charge in [-0.15, -0.1) is 0 Å². The van der Waals surface area contributed by atoms with Crippen molar-refractivity contribution in [2.24, 2.45) is 5.41 Å². The summed E-state index contributed by atoms with van der Waals surface area (Å²) >= 11 is 2.09. The second kappa shape index (κ2) is 4.52. The summed E-state index contributed by atoms with van der Waals surface area (Å²) in [7, 11) is 0. The lowest BCUT2D eigenvalue weighted by Crippen LogP contribution is -2.34. The van der Waals surface area contributed by atoms with E-state index in [1.807, 2.05) is 0 Å². The largest absolute Gasteiger partial charge is 0.302 e. The third-order valence-corrected chi connectivity index (χ3v) is 3.22. The van der Waals surface area contributed by atoms with Gasteiger partial charge >= 0.3 is 0 Å². The maximum atomic E-state index is 2.60. The van der Waals surface area contributed by atoms with Gasteiger partial charge in [-0.3, -0.25) is 0 Å². The number of thioether (sulfide) groups is 1. The van der Waals surface area contributed by atoms with Crippen molar-refractivity contribution in [3.8, 4) is 0 Å². The van der Waals surface area contributed by atoms with E-state index in [2.05, 4.69) is 37.4 Å². The number of nitrogens with zero attached hydrogens (tertiary/aromatic N) is 1. The molecular weight excluding hydrogens is 166 g/mol. The van der Waals surface area contributed by atoms with E-state index >= 15 is 0 Å². The van der Waals surface area contributed by atoms with Gasteiger partial charge in [0.25, 0.3) is 0 Å². The molecule has 0 spiro atoms. The quantitative estimate of drug-likeness (QED) is 0.653. The maximum absolute atomic E-state index is 2.60. The molecule has 0 radical (unpaired) electrons. The highest BCUT2D eigenvalue weighted by molar-refractivity contribution is 7.99. The standard InChI is InChI=1S/C10H21NS/c1-10(2,3)4-5-11-6-8-12-9-7-11/h4-9H2,1-3H3. The highest BCUT2D eigenvalue weighted by Gasteiger charge is 2.14. The molecule has 0 aromatic carbocycles. The van der Waals surface area contributed by atoms with Crippen LogP contribution in [-0.4, -0.2) is 36.0 Å². The predicted molar refractivity (Wildman–Crippen MR) is 57.8 cm³/mol. The minimum Gasteiger partial charge on any atom is -0.302 e. The Hall–Kier alpha value is 0.310. The SMILES string of the molecule is CC(C)(C)CCN1CCSCC1. The first-order valence-electron chi connectivity index (χ1n) is 4.88. The molecule has 1 nitrogen and oxygen atoms in total. The van der Waals surface area contributed by atoms with Crippen LogP contribution < -0.4 is 0 Å². The molecule has 1 aliphatic rings. The third kappa shape index (κ3) is 4.36. The highest BCUT2D eigenvalue weighted by Crippen LogP contribution is 2.19. The molecule has 0 aliphatic carbocycles. The van der Waals surface area contributed by atoms with E-state index in [9.17, 15) is 0 Å². The average Bonchev–Trinajstić information content (AvgIpc) is 2.02. The third-order valence-electron chi connectivity index (χ3n) is 2.28. The molecule has 72 valence electrons. The fourth-order valence-corrected chi connectivity index (χ4v) is 2.30. The summed E-state index contributed by atoms with van der Waals surface area (Å²) in [5.74, 6) is 2.67.